The molecule has 9 aliphatic carbocycles. The number of esters is 2. The van der Waals surface area contributed by atoms with Crippen molar-refractivity contribution in [2.24, 2.45) is 52.8 Å². The first kappa shape index (κ1) is 41.2. The first-order valence-corrected chi connectivity index (χ1v) is 25.9. The standard InChI is InChI=1S/C54H68O6Si/c1-6-38-32-54(51(55)58-49-40-23-34-21-35(25-40)26-41(49)24-34,52(56)59-50-42-27-36-22-37(29-42)30-43(50)28-36)33-44(39-17-19-45(57-5)20-18-39)31-48(38)60-61(53(2,3)4,46-13-9-7-10-14-46)47-15-11-8-12-16-47/h7-20,34-37,40-44,49-50H,6,21-33H2,1-5H3. The molecule has 0 radical (unpaired) electrons. The van der Waals surface area contributed by atoms with E-state index < -0.39 is 13.7 Å². The number of rotatable bonds is 11. The van der Waals surface area contributed by atoms with Crippen molar-refractivity contribution in [3.63, 3.8) is 0 Å². The van der Waals surface area contributed by atoms with Gasteiger partial charge in [-0.3, -0.25) is 9.59 Å². The van der Waals surface area contributed by atoms with Crippen LogP contribution in [0.15, 0.2) is 96.3 Å². The summed E-state index contributed by atoms with van der Waals surface area (Å²) < 4.78 is 27.6. The SMILES string of the molecule is CCC1=C(O[Si](c2ccccc2)(c2ccccc2)C(C)(C)C)CC(c2ccc(OC)cc2)CC(C(=O)OC2C3CC4CC(C3)CC2C4)(C(=O)OC2C3CC4CC(C3)CC2C4)C1. The molecule has 1 unspecified atom stereocenters. The Morgan fingerprint density at radius 3 is 1.48 bits per heavy atom. The normalized spacial score (nSPS) is 35.1. The minimum Gasteiger partial charge on any atom is -0.537 e. The number of hydrogen-bond acceptors (Lipinski definition) is 6. The first-order valence-electron chi connectivity index (χ1n) is 24.0. The second kappa shape index (κ2) is 16.1. The van der Waals surface area contributed by atoms with Crippen molar-refractivity contribution in [1.29, 1.82) is 0 Å². The summed E-state index contributed by atoms with van der Waals surface area (Å²) in [6, 6.07) is 29.9. The lowest BCUT2D eigenvalue weighted by Crippen LogP contribution is -2.66. The van der Waals surface area contributed by atoms with Crippen molar-refractivity contribution in [3.05, 3.63) is 102 Å². The molecule has 3 aromatic rings. The maximum absolute atomic E-state index is 15.8. The summed E-state index contributed by atoms with van der Waals surface area (Å²) in [5, 5.41) is 2.14. The quantitative estimate of drug-likeness (QED) is 0.109. The first-order chi connectivity index (χ1) is 29.5. The van der Waals surface area contributed by atoms with Crippen LogP contribution in [0.5, 0.6) is 5.75 Å². The Labute approximate surface area is 365 Å². The van der Waals surface area contributed by atoms with Crippen molar-refractivity contribution in [3.8, 4) is 5.75 Å². The zero-order valence-corrected chi connectivity index (χ0v) is 38.3. The van der Waals surface area contributed by atoms with Crippen LogP contribution in [0.3, 0.4) is 0 Å². The zero-order valence-electron chi connectivity index (χ0n) is 37.3. The highest BCUT2D eigenvalue weighted by Crippen LogP contribution is 2.58. The minimum atomic E-state index is -3.08. The number of ether oxygens (including phenoxy) is 3. The third-order valence-electron chi connectivity index (χ3n) is 17.2. The fourth-order valence-electron chi connectivity index (χ4n) is 14.8. The highest BCUT2D eigenvalue weighted by atomic mass is 28.4. The van der Waals surface area contributed by atoms with Crippen LogP contribution >= 0.6 is 0 Å². The van der Waals surface area contributed by atoms with Crippen molar-refractivity contribution in [1.82, 2.24) is 0 Å². The van der Waals surface area contributed by atoms with E-state index in [1.54, 1.807) is 7.11 Å². The van der Waals surface area contributed by atoms with E-state index in [1.807, 2.05) is 12.1 Å². The molecule has 7 heteroatoms. The van der Waals surface area contributed by atoms with Gasteiger partial charge >= 0.3 is 20.3 Å². The van der Waals surface area contributed by atoms with Crippen LogP contribution in [0.25, 0.3) is 0 Å². The Kier molecular flexibility index (Phi) is 10.8. The van der Waals surface area contributed by atoms with E-state index in [-0.39, 0.29) is 41.5 Å². The van der Waals surface area contributed by atoms with Crippen LogP contribution in [0, 0.1) is 52.8 Å². The van der Waals surface area contributed by atoms with Crippen LogP contribution in [0.1, 0.15) is 129 Å². The van der Waals surface area contributed by atoms with Gasteiger partial charge in [-0.1, -0.05) is 100 Å². The molecule has 8 saturated carbocycles. The van der Waals surface area contributed by atoms with E-state index in [0.29, 0.717) is 42.9 Å². The molecule has 3 aromatic carbocycles. The minimum absolute atomic E-state index is 0.129. The topological polar surface area (TPSA) is 71.1 Å². The van der Waals surface area contributed by atoms with Crippen molar-refractivity contribution >= 4 is 30.6 Å². The third kappa shape index (κ3) is 7.30. The van der Waals surface area contributed by atoms with Crippen LogP contribution in [-0.2, 0) is 23.5 Å². The van der Waals surface area contributed by atoms with Gasteiger partial charge in [-0.25, -0.2) is 0 Å². The highest BCUT2D eigenvalue weighted by molar-refractivity contribution is 6.99. The van der Waals surface area contributed by atoms with Crippen LogP contribution in [0.2, 0.25) is 5.04 Å². The molecule has 0 saturated heterocycles. The fourth-order valence-corrected chi connectivity index (χ4v) is 19.3. The molecule has 0 heterocycles. The fraction of sp³-hybridized carbons (Fsp3) is 0.593. The second-order valence-electron chi connectivity index (χ2n) is 21.9. The maximum Gasteiger partial charge on any atom is 0.324 e. The molecule has 12 rings (SSSR count). The lowest BCUT2D eigenvalue weighted by molar-refractivity contribution is -0.199. The molecule has 61 heavy (non-hydrogen) atoms. The molecule has 0 N–H and O–H groups in total. The van der Waals surface area contributed by atoms with Crippen LogP contribution in [0.4, 0.5) is 0 Å². The molecule has 1 atom stereocenters. The van der Waals surface area contributed by atoms with Crippen molar-refractivity contribution in [2.45, 2.75) is 141 Å². The number of carbonyl (C=O) groups excluding carboxylic acids is 2. The van der Waals surface area contributed by atoms with Gasteiger partial charge in [0.1, 0.15) is 18.0 Å². The van der Waals surface area contributed by atoms with E-state index in [4.69, 9.17) is 18.6 Å². The molecule has 6 nitrogen and oxygen atoms in total. The Morgan fingerprint density at radius 1 is 0.639 bits per heavy atom. The van der Waals surface area contributed by atoms with Gasteiger partial charge < -0.3 is 18.6 Å². The molecule has 0 spiro atoms. The number of benzene rings is 3. The van der Waals surface area contributed by atoms with Crippen molar-refractivity contribution in [2.75, 3.05) is 7.11 Å². The number of methoxy groups -OCH3 is 1. The molecular weight excluding hydrogens is 773 g/mol. The smallest absolute Gasteiger partial charge is 0.324 e. The Balaban J connectivity index is 1.11. The summed E-state index contributed by atoms with van der Waals surface area (Å²) in [6.45, 7) is 9.13. The van der Waals surface area contributed by atoms with E-state index in [9.17, 15) is 0 Å². The van der Waals surface area contributed by atoms with Gasteiger partial charge in [-0.2, -0.15) is 0 Å². The van der Waals surface area contributed by atoms with Crippen LogP contribution < -0.4 is 15.1 Å². The predicted octanol–water partition coefficient (Wildman–Crippen LogP) is 10.9. The molecule has 0 amide bonds. The number of carbonyl (C=O) groups is 2. The van der Waals surface area contributed by atoms with Gasteiger partial charge in [0.25, 0.3) is 0 Å². The molecule has 324 valence electrons. The lowest BCUT2D eigenvalue weighted by atomic mass is 9.55. The summed E-state index contributed by atoms with van der Waals surface area (Å²) in [5.41, 5.74) is 0.597. The van der Waals surface area contributed by atoms with Gasteiger partial charge in [0.05, 0.1) is 12.9 Å². The number of hydrogen-bond donors (Lipinski definition) is 0. The summed E-state index contributed by atoms with van der Waals surface area (Å²) in [6.07, 6.45) is 13.3. The molecule has 9 aliphatic rings. The average Bonchev–Trinajstić information content (AvgIpc) is 3.42. The second-order valence-corrected chi connectivity index (χ2v) is 26.1. The van der Waals surface area contributed by atoms with E-state index in [0.717, 1.165) is 97.7 Å². The van der Waals surface area contributed by atoms with Crippen molar-refractivity contribution < 1.29 is 28.2 Å². The van der Waals surface area contributed by atoms with E-state index in [1.165, 1.54) is 23.2 Å². The monoisotopic (exact) mass is 840 g/mol. The summed E-state index contributed by atoms with van der Waals surface area (Å²) in [5.74, 6) is 5.33. The maximum atomic E-state index is 15.8. The van der Waals surface area contributed by atoms with Crippen LogP contribution in [-0.4, -0.2) is 39.6 Å². The number of allylic oxidation sites excluding steroid dienone is 2. The predicted molar refractivity (Wildman–Crippen MR) is 242 cm³/mol. The van der Waals surface area contributed by atoms with E-state index in [2.05, 4.69) is 100 Å². The molecule has 8 bridgehead atoms. The molecular formula is C54H68O6Si. The molecule has 0 aromatic heterocycles. The Bertz CT molecular complexity index is 1950. The largest absolute Gasteiger partial charge is 0.537 e. The van der Waals surface area contributed by atoms with Gasteiger partial charge in [0.15, 0.2) is 5.41 Å². The van der Waals surface area contributed by atoms with Gasteiger partial charge in [0, 0.05) is 6.42 Å². The van der Waals surface area contributed by atoms with E-state index >= 15 is 9.59 Å². The zero-order chi connectivity index (χ0) is 42.1. The van der Waals surface area contributed by atoms with Gasteiger partial charge in [-0.15, -0.1) is 0 Å². The molecule has 0 aliphatic heterocycles. The lowest BCUT2D eigenvalue weighted by Gasteiger charge is -2.54. The Hall–Kier alpha value is -3.84. The molecule has 8 fully saturated rings. The Morgan fingerprint density at radius 2 is 1.08 bits per heavy atom. The van der Waals surface area contributed by atoms with Gasteiger partial charge in [-0.05, 0) is 175 Å². The third-order valence-corrected chi connectivity index (χ3v) is 22.1. The average molecular weight is 841 g/mol. The summed E-state index contributed by atoms with van der Waals surface area (Å²) >= 11 is 0. The summed E-state index contributed by atoms with van der Waals surface area (Å²) in [4.78, 5) is 31.6. The van der Waals surface area contributed by atoms with Gasteiger partial charge in [0.2, 0.25) is 0 Å². The highest BCUT2D eigenvalue weighted by Gasteiger charge is 2.60. The summed E-state index contributed by atoms with van der Waals surface area (Å²) in [7, 11) is -1.39.